The van der Waals surface area contributed by atoms with E-state index in [1.165, 1.54) is 12.5 Å². The van der Waals surface area contributed by atoms with Crippen LogP contribution >= 0.6 is 11.6 Å². The van der Waals surface area contributed by atoms with Crippen molar-refractivity contribution in [1.82, 2.24) is 0 Å². The van der Waals surface area contributed by atoms with Gasteiger partial charge < -0.3 is 29.9 Å². The van der Waals surface area contributed by atoms with Gasteiger partial charge in [-0.1, -0.05) is 48.9 Å². The van der Waals surface area contributed by atoms with E-state index in [0.717, 1.165) is 17.5 Å². The number of aliphatic hydroxyl groups is 4. The molecule has 7 nitrogen and oxygen atoms in total. The molecule has 2 aromatic carbocycles. The van der Waals surface area contributed by atoms with Crippen LogP contribution in [-0.4, -0.2) is 63.8 Å². The number of aryl methyl sites for hydroxylation is 1. The van der Waals surface area contributed by atoms with Crippen molar-refractivity contribution in [2.45, 2.75) is 63.8 Å². The number of ketones is 1. The van der Waals surface area contributed by atoms with Crippen LogP contribution in [-0.2, 0) is 33.7 Å². The lowest BCUT2D eigenvalue weighted by atomic mass is 9.87. The van der Waals surface area contributed by atoms with E-state index in [2.05, 4.69) is 19.1 Å². The van der Waals surface area contributed by atoms with E-state index in [-0.39, 0.29) is 19.0 Å². The fourth-order valence-corrected chi connectivity index (χ4v) is 4.23. The minimum absolute atomic E-state index is 0.0368. The first-order valence-corrected chi connectivity index (χ1v) is 11.4. The largest absolute Gasteiger partial charge is 0.394 e. The van der Waals surface area contributed by atoms with Gasteiger partial charge in [0.2, 0.25) is 0 Å². The molecule has 0 aliphatic carbocycles. The van der Waals surface area contributed by atoms with Crippen molar-refractivity contribution in [3.8, 4) is 0 Å². The fourth-order valence-electron chi connectivity index (χ4n) is 3.98. The molecule has 2 aromatic rings. The lowest BCUT2D eigenvalue weighted by Gasteiger charge is -2.41. The molecular weight excluding hydrogens is 448 g/mol. The number of halogens is 1. The molecule has 1 heterocycles. The van der Waals surface area contributed by atoms with Gasteiger partial charge in [0, 0.05) is 5.02 Å². The molecule has 0 aromatic heterocycles. The maximum absolute atomic E-state index is 11.3. The molecule has 1 fully saturated rings. The molecule has 0 saturated carbocycles. The second-order valence-electron chi connectivity index (χ2n) is 8.43. The summed E-state index contributed by atoms with van der Waals surface area (Å²) in [5.41, 5.74) is 4.15. The van der Waals surface area contributed by atoms with Crippen LogP contribution in [0.5, 0.6) is 0 Å². The first kappa shape index (κ1) is 25.8. The Morgan fingerprint density at radius 2 is 1.70 bits per heavy atom. The average molecular weight is 479 g/mol. The summed E-state index contributed by atoms with van der Waals surface area (Å²) >= 11 is 6.58. The Bertz CT molecular complexity index is 945. The van der Waals surface area contributed by atoms with Crippen molar-refractivity contribution in [2.75, 3.05) is 13.2 Å². The summed E-state index contributed by atoms with van der Waals surface area (Å²) in [7, 11) is 0. The molecular formula is C25H31ClO7. The number of hydrogen-bond acceptors (Lipinski definition) is 7. The Morgan fingerprint density at radius 1 is 1.03 bits per heavy atom. The minimum atomic E-state index is -1.51. The second-order valence-corrected chi connectivity index (χ2v) is 8.84. The van der Waals surface area contributed by atoms with Crippen LogP contribution in [0.1, 0.15) is 47.8 Å². The van der Waals surface area contributed by atoms with Gasteiger partial charge >= 0.3 is 0 Å². The van der Waals surface area contributed by atoms with E-state index < -0.39 is 37.1 Å². The summed E-state index contributed by atoms with van der Waals surface area (Å²) in [6, 6.07) is 11.7. The van der Waals surface area contributed by atoms with Crippen LogP contribution in [0.15, 0.2) is 36.4 Å². The smallest absolute Gasteiger partial charge is 0.155 e. The van der Waals surface area contributed by atoms with Gasteiger partial charge in [-0.25, -0.2) is 0 Å². The number of carbonyl (C=O) groups is 1. The van der Waals surface area contributed by atoms with Gasteiger partial charge in [-0.15, -0.1) is 0 Å². The summed E-state index contributed by atoms with van der Waals surface area (Å²) in [4.78, 5) is 11.3. The van der Waals surface area contributed by atoms with E-state index in [1.807, 2.05) is 12.1 Å². The number of rotatable bonds is 9. The SMILES string of the molecule is CCc1ccc(Cc2cc([C@@H]3O[C@H](CO)[C@@H](O)[C@H](O)[C@H]3O)c(COCC(C)=O)cc2Cl)cc1. The van der Waals surface area contributed by atoms with Crippen LogP contribution in [0.4, 0.5) is 0 Å². The molecule has 4 N–H and O–H groups in total. The molecule has 0 bridgehead atoms. The molecule has 1 saturated heterocycles. The van der Waals surface area contributed by atoms with Gasteiger partial charge in [0.15, 0.2) is 5.78 Å². The van der Waals surface area contributed by atoms with E-state index in [9.17, 15) is 25.2 Å². The Morgan fingerprint density at radius 3 is 2.30 bits per heavy atom. The quantitative estimate of drug-likeness (QED) is 0.436. The van der Waals surface area contributed by atoms with Crippen molar-refractivity contribution in [3.05, 3.63) is 69.2 Å². The lowest BCUT2D eigenvalue weighted by molar-refractivity contribution is -0.232. The van der Waals surface area contributed by atoms with Crippen molar-refractivity contribution in [1.29, 1.82) is 0 Å². The van der Waals surface area contributed by atoms with E-state index in [4.69, 9.17) is 21.1 Å². The van der Waals surface area contributed by atoms with Gasteiger partial charge in [0.25, 0.3) is 0 Å². The maximum atomic E-state index is 11.3. The molecule has 1 aliphatic heterocycles. The molecule has 33 heavy (non-hydrogen) atoms. The van der Waals surface area contributed by atoms with Gasteiger partial charge in [-0.3, -0.25) is 4.79 Å². The van der Waals surface area contributed by atoms with Crippen LogP contribution in [0.3, 0.4) is 0 Å². The van der Waals surface area contributed by atoms with Crippen LogP contribution in [0, 0.1) is 0 Å². The number of carbonyl (C=O) groups excluding carboxylic acids is 1. The zero-order valence-electron chi connectivity index (χ0n) is 18.8. The molecule has 5 atom stereocenters. The summed E-state index contributed by atoms with van der Waals surface area (Å²) in [5, 5.41) is 41.2. The third-order valence-corrected chi connectivity index (χ3v) is 6.25. The number of benzene rings is 2. The predicted molar refractivity (Wildman–Crippen MR) is 123 cm³/mol. The summed E-state index contributed by atoms with van der Waals surface area (Å²) in [6.45, 7) is 2.93. The maximum Gasteiger partial charge on any atom is 0.155 e. The van der Waals surface area contributed by atoms with Crippen molar-refractivity contribution in [3.63, 3.8) is 0 Å². The topological polar surface area (TPSA) is 116 Å². The van der Waals surface area contributed by atoms with Crippen molar-refractivity contribution < 1.29 is 34.7 Å². The zero-order valence-corrected chi connectivity index (χ0v) is 19.5. The summed E-state index contributed by atoms with van der Waals surface area (Å²) < 4.78 is 11.3. The number of hydrogen-bond donors (Lipinski definition) is 4. The normalized spacial score (nSPS) is 25.2. The molecule has 0 spiro atoms. The van der Waals surface area contributed by atoms with Crippen LogP contribution in [0.25, 0.3) is 0 Å². The Hall–Kier alpha value is -1.84. The Labute approximate surface area is 198 Å². The van der Waals surface area contributed by atoms with Gasteiger partial charge in [-0.2, -0.15) is 0 Å². The molecule has 1 aliphatic rings. The summed E-state index contributed by atoms with van der Waals surface area (Å²) in [5.74, 6) is -0.136. The van der Waals surface area contributed by atoms with Crippen molar-refractivity contribution in [2.24, 2.45) is 0 Å². The Balaban J connectivity index is 1.98. The van der Waals surface area contributed by atoms with Crippen LogP contribution < -0.4 is 0 Å². The lowest BCUT2D eigenvalue weighted by Crippen LogP contribution is -2.55. The highest BCUT2D eigenvalue weighted by Crippen LogP contribution is 2.37. The molecule has 0 radical (unpaired) electrons. The molecule has 3 rings (SSSR count). The molecule has 8 heteroatoms. The van der Waals surface area contributed by atoms with E-state index in [0.29, 0.717) is 22.6 Å². The van der Waals surface area contributed by atoms with E-state index in [1.54, 1.807) is 12.1 Å². The highest BCUT2D eigenvalue weighted by molar-refractivity contribution is 6.31. The monoisotopic (exact) mass is 478 g/mol. The summed E-state index contributed by atoms with van der Waals surface area (Å²) in [6.07, 6.45) is -5.00. The molecule has 180 valence electrons. The van der Waals surface area contributed by atoms with Crippen molar-refractivity contribution >= 4 is 17.4 Å². The zero-order chi connectivity index (χ0) is 24.1. The highest BCUT2D eigenvalue weighted by atomic mass is 35.5. The minimum Gasteiger partial charge on any atom is -0.394 e. The van der Waals surface area contributed by atoms with Gasteiger partial charge in [-0.05, 0) is 53.6 Å². The van der Waals surface area contributed by atoms with E-state index >= 15 is 0 Å². The second kappa shape index (κ2) is 11.5. The third-order valence-electron chi connectivity index (χ3n) is 5.90. The number of ether oxygens (including phenoxy) is 2. The first-order chi connectivity index (χ1) is 15.7. The number of Topliss-reactive ketones (excluding diaryl/α,β-unsaturated/α-hetero) is 1. The van der Waals surface area contributed by atoms with Gasteiger partial charge in [0.05, 0.1) is 13.2 Å². The molecule has 0 amide bonds. The van der Waals surface area contributed by atoms with Gasteiger partial charge in [0.1, 0.15) is 37.1 Å². The van der Waals surface area contributed by atoms with Crippen LogP contribution in [0.2, 0.25) is 5.02 Å². The fraction of sp³-hybridized carbons (Fsp3) is 0.480. The average Bonchev–Trinajstić information content (AvgIpc) is 2.80. The number of aliphatic hydroxyl groups excluding tert-OH is 4. The third kappa shape index (κ3) is 6.19. The predicted octanol–water partition coefficient (Wildman–Crippen LogP) is 2.11. The highest BCUT2D eigenvalue weighted by Gasteiger charge is 2.44. The Kier molecular flexibility index (Phi) is 9.01. The standard InChI is InChI=1S/C25H31ClO7/c1-3-15-4-6-16(7-5-15)8-17-9-19(18(10-20(17)26)13-32-12-14(2)28)25-24(31)23(30)22(29)21(11-27)33-25/h4-7,9-10,21-25,27,29-31H,3,8,11-13H2,1-2H3/t21-,22-,23+,24-,25+/m1/s1. The molecule has 0 unspecified atom stereocenters. The first-order valence-electron chi connectivity index (χ1n) is 11.0.